The van der Waals surface area contributed by atoms with Gasteiger partial charge in [-0.1, -0.05) is 30.3 Å². The lowest BCUT2D eigenvalue weighted by atomic mass is 10.1. The van der Waals surface area contributed by atoms with Gasteiger partial charge in [-0.15, -0.1) is 0 Å². The predicted octanol–water partition coefficient (Wildman–Crippen LogP) is 3.34. The molecule has 3 heteroatoms. The van der Waals surface area contributed by atoms with E-state index in [0.29, 0.717) is 0 Å². The zero-order chi connectivity index (χ0) is 13.5. The number of fused-ring (bicyclic) bond motifs is 2. The Labute approximate surface area is 117 Å². The number of anilines is 2. The lowest BCUT2D eigenvalue weighted by molar-refractivity contribution is 0.878. The van der Waals surface area contributed by atoms with Crippen LogP contribution in [0.2, 0.25) is 0 Å². The molecule has 1 aliphatic rings. The lowest BCUT2D eigenvalue weighted by Gasteiger charge is -2.17. The van der Waals surface area contributed by atoms with Crippen molar-refractivity contribution >= 4 is 22.3 Å². The second kappa shape index (κ2) is 4.23. The zero-order valence-electron chi connectivity index (χ0n) is 11.1. The van der Waals surface area contributed by atoms with E-state index in [0.717, 1.165) is 30.0 Å². The highest BCUT2D eigenvalue weighted by molar-refractivity contribution is 5.81. The van der Waals surface area contributed by atoms with Crippen molar-refractivity contribution in [1.82, 2.24) is 4.98 Å². The van der Waals surface area contributed by atoms with E-state index in [9.17, 15) is 0 Å². The van der Waals surface area contributed by atoms with Crippen LogP contribution in [0.5, 0.6) is 0 Å². The first kappa shape index (κ1) is 11.3. The molecule has 0 atom stereocenters. The Morgan fingerprint density at radius 2 is 1.90 bits per heavy atom. The number of benzene rings is 2. The van der Waals surface area contributed by atoms with Gasteiger partial charge in [-0.3, -0.25) is 4.98 Å². The van der Waals surface area contributed by atoms with E-state index in [-0.39, 0.29) is 0 Å². The standard InChI is InChI=1S/C17H15N3/c18-16-6-3-5-13-10-20(11-15(13)16)14-8-12-4-1-2-7-17(12)19-9-14/h1-9H,10-11,18H2. The van der Waals surface area contributed by atoms with Crippen LogP contribution in [0.25, 0.3) is 10.9 Å². The minimum atomic E-state index is 0.863. The van der Waals surface area contributed by atoms with Crippen LogP contribution in [0.15, 0.2) is 54.7 Å². The molecule has 0 unspecified atom stereocenters. The molecule has 20 heavy (non-hydrogen) atoms. The van der Waals surface area contributed by atoms with E-state index in [1.54, 1.807) is 0 Å². The Morgan fingerprint density at radius 1 is 1.00 bits per heavy atom. The van der Waals surface area contributed by atoms with E-state index in [1.165, 1.54) is 16.5 Å². The Kier molecular flexibility index (Phi) is 2.39. The molecular weight excluding hydrogens is 246 g/mol. The second-order valence-corrected chi connectivity index (χ2v) is 5.23. The SMILES string of the molecule is Nc1cccc2c1CN(c1cnc3ccccc3c1)C2. The van der Waals surface area contributed by atoms with Crippen molar-refractivity contribution in [3.63, 3.8) is 0 Å². The summed E-state index contributed by atoms with van der Waals surface area (Å²) in [5.74, 6) is 0. The van der Waals surface area contributed by atoms with Crippen molar-refractivity contribution in [3.05, 3.63) is 65.9 Å². The largest absolute Gasteiger partial charge is 0.398 e. The van der Waals surface area contributed by atoms with Crippen molar-refractivity contribution in [2.75, 3.05) is 10.6 Å². The van der Waals surface area contributed by atoms with Gasteiger partial charge in [0.05, 0.1) is 17.4 Å². The molecule has 0 fully saturated rings. The fraction of sp³-hybridized carbons (Fsp3) is 0.118. The molecular formula is C17H15N3. The van der Waals surface area contributed by atoms with Gasteiger partial charge in [0.15, 0.2) is 0 Å². The van der Waals surface area contributed by atoms with E-state index >= 15 is 0 Å². The monoisotopic (exact) mass is 261 g/mol. The molecule has 98 valence electrons. The average Bonchev–Trinajstić information content (AvgIpc) is 2.92. The second-order valence-electron chi connectivity index (χ2n) is 5.23. The van der Waals surface area contributed by atoms with Gasteiger partial charge >= 0.3 is 0 Å². The summed E-state index contributed by atoms with van der Waals surface area (Å²) >= 11 is 0. The molecule has 0 radical (unpaired) electrons. The molecule has 0 amide bonds. The van der Waals surface area contributed by atoms with Gasteiger partial charge in [0.2, 0.25) is 0 Å². The van der Waals surface area contributed by atoms with Crippen molar-refractivity contribution in [3.8, 4) is 0 Å². The molecule has 0 aliphatic carbocycles. The van der Waals surface area contributed by atoms with E-state index < -0.39 is 0 Å². The molecule has 3 aromatic rings. The quantitative estimate of drug-likeness (QED) is 0.683. The Balaban J connectivity index is 1.73. The fourth-order valence-corrected chi connectivity index (χ4v) is 2.86. The number of hydrogen-bond acceptors (Lipinski definition) is 3. The zero-order valence-corrected chi connectivity index (χ0v) is 11.1. The number of nitrogen functional groups attached to an aromatic ring is 1. The normalized spacial score (nSPS) is 13.7. The summed E-state index contributed by atoms with van der Waals surface area (Å²) < 4.78 is 0. The van der Waals surface area contributed by atoms with Crippen molar-refractivity contribution < 1.29 is 0 Å². The lowest BCUT2D eigenvalue weighted by Crippen LogP contribution is -2.14. The van der Waals surface area contributed by atoms with Crippen LogP contribution in [-0.4, -0.2) is 4.98 Å². The molecule has 0 saturated carbocycles. The molecule has 1 aliphatic heterocycles. The van der Waals surface area contributed by atoms with Gasteiger partial charge < -0.3 is 10.6 Å². The maximum Gasteiger partial charge on any atom is 0.0703 e. The number of hydrogen-bond donors (Lipinski definition) is 1. The van der Waals surface area contributed by atoms with Crippen LogP contribution in [-0.2, 0) is 13.1 Å². The topological polar surface area (TPSA) is 42.1 Å². The Bertz CT molecular complexity index is 795. The highest BCUT2D eigenvalue weighted by atomic mass is 15.2. The van der Waals surface area contributed by atoms with Crippen LogP contribution in [0.1, 0.15) is 11.1 Å². The minimum Gasteiger partial charge on any atom is -0.398 e. The van der Waals surface area contributed by atoms with Crippen LogP contribution < -0.4 is 10.6 Å². The van der Waals surface area contributed by atoms with Crippen molar-refractivity contribution in [2.45, 2.75) is 13.1 Å². The van der Waals surface area contributed by atoms with E-state index in [1.807, 2.05) is 36.5 Å². The van der Waals surface area contributed by atoms with Crippen LogP contribution in [0.4, 0.5) is 11.4 Å². The fourth-order valence-electron chi connectivity index (χ4n) is 2.86. The minimum absolute atomic E-state index is 0.863. The third-order valence-electron chi connectivity index (χ3n) is 3.96. The molecule has 4 rings (SSSR count). The molecule has 0 spiro atoms. The summed E-state index contributed by atoms with van der Waals surface area (Å²) in [5, 5.41) is 1.17. The van der Waals surface area contributed by atoms with Crippen molar-refractivity contribution in [2.24, 2.45) is 0 Å². The molecule has 3 nitrogen and oxygen atoms in total. The molecule has 2 N–H and O–H groups in total. The van der Waals surface area contributed by atoms with Crippen LogP contribution in [0, 0.1) is 0 Å². The van der Waals surface area contributed by atoms with Gasteiger partial charge in [0, 0.05) is 24.2 Å². The van der Waals surface area contributed by atoms with Gasteiger partial charge in [-0.2, -0.15) is 0 Å². The van der Waals surface area contributed by atoms with Crippen LogP contribution in [0.3, 0.4) is 0 Å². The summed E-state index contributed by atoms with van der Waals surface area (Å²) in [5.41, 5.74) is 11.7. The molecule has 2 aromatic carbocycles. The smallest absolute Gasteiger partial charge is 0.0703 e. The summed E-state index contributed by atoms with van der Waals surface area (Å²) in [6.45, 7) is 1.77. The van der Waals surface area contributed by atoms with Gasteiger partial charge in [0.25, 0.3) is 0 Å². The highest BCUT2D eigenvalue weighted by Gasteiger charge is 2.21. The molecule has 1 aromatic heterocycles. The number of para-hydroxylation sites is 1. The maximum atomic E-state index is 6.06. The molecule has 2 heterocycles. The van der Waals surface area contributed by atoms with Gasteiger partial charge in [-0.05, 0) is 29.3 Å². The summed E-state index contributed by atoms with van der Waals surface area (Å²) in [4.78, 5) is 6.86. The molecule has 0 saturated heterocycles. The summed E-state index contributed by atoms with van der Waals surface area (Å²) in [6.07, 6.45) is 1.95. The Morgan fingerprint density at radius 3 is 2.80 bits per heavy atom. The third kappa shape index (κ3) is 1.71. The molecule has 0 bridgehead atoms. The highest BCUT2D eigenvalue weighted by Crippen LogP contribution is 2.32. The number of pyridine rings is 1. The first-order valence-corrected chi connectivity index (χ1v) is 6.77. The first-order valence-electron chi connectivity index (χ1n) is 6.77. The number of nitrogens with two attached hydrogens (primary N) is 1. The summed E-state index contributed by atoms with van der Waals surface area (Å²) in [7, 11) is 0. The third-order valence-corrected chi connectivity index (χ3v) is 3.96. The number of nitrogens with zero attached hydrogens (tertiary/aromatic N) is 2. The number of rotatable bonds is 1. The number of aromatic nitrogens is 1. The first-order chi connectivity index (χ1) is 9.81. The van der Waals surface area contributed by atoms with Crippen molar-refractivity contribution in [1.29, 1.82) is 0 Å². The average molecular weight is 261 g/mol. The van der Waals surface area contributed by atoms with E-state index in [4.69, 9.17) is 5.73 Å². The Hall–Kier alpha value is -2.55. The predicted molar refractivity (Wildman–Crippen MR) is 82.5 cm³/mol. The maximum absolute atomic E-state index is 6.06. The summed E-state index contributed by atoms with van der Waals surface area (Å²) in [6, 6.07) is 16.5. The van der Waals surface area contributed by atoms with Gasteiger partial charge in [0.1, 0.15) is 0 Å². The van der Waals surface area contributed by atoms with Gasteiger partial charge in [-0.25, -0.2) is 0 Å². The van der Waals surface area contributed by atoms with E-state index in [2.05, 4.69) is 28.1 Å². The van der Waals surface area contributed by atoms with Crippen LogP contribution >= 0.6 is 0 Å².